The number of hydrogen-bond donors (Lipinski definition) is 1. The third-order valence-corrected chi connectivity index (χ3v) is 1.35. The van der Waals surface area contributed by atoms with Crippen LogP contribution in [0.25, 0.3) is 0 Å². The quantitative estimate of drug-likeness (QED) is 0.671. The van der Waals surface area contributed by atoms with E-state index in [1.165, 1.54) is 19.4 Å². The summed E-state index contributed by atoms with van der Waals surface area (Å²) in [6, 6.07) is 1.52. The number of carbonyl (C=O) groups is 1. The van der Waals surface area contributed by atoms with Crippen molar-refractivity contribution in [3.63, 3.8) is 0 Å². The first-order chi connectivity index (χ1) is 4.75. The predicted octanol–water partition coefficient (Wildman–Crippen LogP) is 1.29. The number of halogens is 1. The van der Waals surface area contributed by atoms with E-state index in [-0.39, 0.29) is 11.7 Å². The zero-order valence-corrected chi connectivity index (χ0v) is 6.11. The third-order valence-electron chi connectivity index (χ3n) is 1.05. The van der Waals surface area contributed by atoms with Crippen LogP contribution < -0.4 is 5.32 Å². The molecule has 0 aliphatic rings. The number of hydrogen-bond acceptors (Lipinski definition) is 2. The van der Waals surface area contributed by atoms with Crippen LogP contribution in [0.3, 0.4) is 0 Å². The lowest BCUT2D eigenvalue weighted by Crippen LogP contribution is -2.17. The van der Waals surface area contributed by atoms with E-state index in [0.29, 0.717) is 5.02 Å². The molecule has 1 N–H and O–H groups in total. The van der Waals surface area contributed by atoms with E-state index >= 15 is 0 Å². The van der Waals surface area contributed by atoms with Gasteiger partial charge in [-0.1, -0.05) is 11.6 Å². The highest BCUT2D eigenvalue weighted by molar-refractivity contribution is 6.33. The molecule has 4 heteroatoms. The fourth-order valence-electron chi connectivity index (χ4n) is 0.569. The molecule has 0 aliphatic carbocycles. The van der Waals surface area contributed by atoms with Crippen LogP contribution in [0.2, 0.25) is 5.02 Å². The number of nitrogens with one attached hydrogen (secondary N) is 1. The average Bonchev–Trinajstić information content (AvgIpc) is 2.34. The summed E-state index contributed by atoms with van der Waals surface area (Å²) >= 11 is 5.56. The van der Waals surface area contributed by atoms with Gasteiger partial charge in [0.15, 0.2) is 0 Å². The van der Waals surface area contributed by atoms with Crippen molar-refractivity contribution in [2.45, 2.75) is 0 Å². The lowest BCUT2D eigenvalue weighted by atomic mass is 10.4. The maximum absolute atomic E-state index is 10.8. The second-order valence-electron chi connectivity index (χ2n) is 1.68. The normalized spacial score (nSPS) is 9.40. The first-order valence-corrected chi connectivity index (χ1v) is 3.08. The van der Waals surface area contributed by atoms with Gasteiger partial charge in [0.2, 0.25) is 5.76 Å². The van der Waals surface area contributed by atoms with Crippen molar-refractivity contribution in [3.05, 3.63) is 23.1 Å². The number of amides is 1. The summed E-state index contributed by atoms with van der Waals surface area (Å²) in [6.45, 7) is 0. The Hall–Kier alpha value is -0.960. The van der Waals surface area contributed by atoms with E-state index in [1.54, 1.807) is 0 Å². The molecule has 0 aromatic carbocycles. The van der Waals surface area contributed by atoms with Gasteiger partial charge in [0.1, 0.15) is 0 Å². The van der Waals surface area contributed by atoms with Crippen LogP contribution in [0, 0.1) is 0 Å². The van der Waals surface area contributed by atoms with Crippen LogP contribution in [0.4, 0.5) is 0 Å². The number of furan rings is 1. The van der Waals surface area contributed by atoms with Crippen molar-refractivity contribution in [2.24, 2.45) is 0 Å². The molecule has 1 rings (SSSR count). The first kappa shape index (κ1) is 7.15. The molecule has 0 fully saturated rings. The molecular weight excluding hydrogens is 154 g/mol. The summed E-state index contributed by atoms with van der Waals surface area (Å²) in [6.07, 6.45) is 1.37. The molecule has 54 valence electrons. The zero-order valence-electron chi connectivity index (χ0n) is 5.35. The summed E-state index contributed by atoms with van der Waals surface area (Å²) < 4.78 is 4.77. The van der Waals surface area contributed by atoms with Gasteiger partial charge in [-0.15, -0.1) is 0 Å². The van der Waals surface area contributed by atoms with Gasteiger partial charge in [-0.05, 0) is 6.07 Å². The Morgan fingerprint density at radius 3 is 2.90 bits per heavy atom. The average molecular weight is 160 g/mol. The molecule has 0 radical (unpaired) electrons. The maximum Gasteiger partial charge on any atom is 0.288 e. The molecule has 0 aliphatic heterocycles. The van der Waals surface area contributed by atoms with Crippen molar-refractivity contribution in [3.8, 4) is 0 Å². The minimum Gasteiger partial charge on any atom is -0.458 e. The molecule has 10 heavy (non-hydrogen) atoms. The lowest BCUT2D eigenvalue weighted by Gasteiger charge is -1.92. The Kier molecular flexibility index (Phi) is 1.97. The van der Waals surface area contributed by atoms with Crippen LogP contribution >= 0.6 is 11.6 Å². The van der Waals surface area contributed by atoms with Crippen LogP contribution in [0.15, 0.2) is 16.7 Å². The van der Waals surface area contributed by atoms with Gasteiger partial charge in [0.05, 0.1) is 11.3 Å². The van der Waals surface area contributed by atoms with Crippen molar-refractivity contribution in [1.82, 2.24) is 5.32 Å². The minimum atomic E-state index is -0.310. The van der Waals surface area contributed by atoms with Crippen LogP contribution in [-0.4, -0.2) is 13.0 Å². The van der Waals surface area contributed by atoms with Crippen LogP contribution in [0.5, 0.6) is 0 Å². The molecular formula is C6H6ClNO2. The van der Waals surface area contributed by atoms with E-state index < -0.39 is 0 Å². The minimum absolute atomic E-state index is 0.157. The zero-order chi connectivity index (χ0) is 7.56. The summed E-state index contributed by atoms with van der Waals surface area (Å²) in [5.41, 5.74) is 0. The highest BCUT2D eigenvalue weighted by atomic mass is 35.5. The molecule has 1 aromatic heterocycles. The second kappa shape index (κ2) is 2.75. The van der Waals surface area contributed by atoms with Gasteiger partial charge in [-0.3, -0.25) is 4.79 Å². The second-order valence-corrected chi connectivity index (χ2v) is 2.08. The van der Waals surface area contributed by atoms with E-state index in [4.69, 9.17) is 16.0 Å². The van der Waals surface area contributed by atoms with Crippen molar-refractivity contribution in [1.29, 1.82) is 0 Å². The molecule has 0 atom stereocenters. The maximum atomic E-state index is 10.8. The molecule has 0 spiro atoms. The van der Waals surface area contributed by atoms with Crippen molar-refractivity contribution < 1.29 is 9.21 Å². The van der Waals surface area contributed by atoms with Gasteiger partial charge in [-0.2, -0.15) is 0 Å². The smallest absolute Gasteiger partial charge is 0.288 e. The largest absolute Gasteiger partial charge is 0.458 e. The van der Waals surface area contributed by atoms with Crippen LogP contribution in [-0.2, 0) is 0 Å². The molecule has 0 unspecified atom stereocenters. The Labute approximate surface area is 63.0 Å². The highest BCUT2D eigenvalue weighted by Gasteiger charge is 2.10. The molecule has 1 amide bonds. The van der Waals surface area contributed by atoms with Gasteiger partial charge in [0, 0.05) is 7.05 Å². The van der Waals surface area contributed by atoms with Gasteiger partial charge in [-0.25, -0.2) is 0 Å². The van der Waals surface area contributed by atoms with Gasteiger partial charge in [0.25, 0.3) is 5.91 Å². The van der Waals surface area contributed by atoms with E-state index in [2.05, 4.69) is 5.32 Å². The van der Waals surface area contributed by atoms with Gasteiger partial charge >= 0.3 is 0 Å². The fourth-order valence-corrected chi connectivity index (χ4v) is 0.751. The molecule has 1 aromatic rings. The lowest BCUT2D eigenvalue weighted by molar-refractivity contribution is 0.0936. The summed E-state index contributed by atoms with van der Waals surface area (Å²) in [7, 11) is 1.52. The fraction of sp³-hybridized carbons (Fsp3) is 0.167. The molecule has 1 heterocycles. The molecule has 0 bridgehead atoms. The first-order valence-electron chi connectivity index (χ1n) is 2.70. The summed E-state index contributed by atoms with van der Waals surface area (Å²) in [5, 5.41) is 2.72. The molecule has 3 nitrogen and oxygen atoms in total. The van der Waals surface area contributed by atoms with E-state index in [0.717, 1.165) is 0 Å². The Balaban J connectivity index is 2.93. The van der Waals surface area contributed by atoms with E-state index in [9.17, 15) is 4.79 Å². The van der Waals surface area contributed by atoms with Crippen molar-refractivity contribution >= 4 is 17.5 Å². The topological polar surface area (TPSA) is 42.2 Å². The van der Waals surface area contributed by atoms with Gasteiger partial charge < -0.3 is 9.73 Å². The van der Waals surface area contributed by atoms with E-state index in [1.807, 2.05) is 0 Å². The predicted molar refractivity (Wildman–Crippen MR) is 37.1 cm³/mol. The molecule has 0 saturated heterocycles. The van der Waals surface area contributed by atoms with Crippen molar-refractivity contribution in [2.75, 3.05) is 7.05 Å². The highest BCUT2D eigenvalue weighted by Crippen LogP contribution is 2.15. The number of rotatable bonds is 1. The Morgan fingerprint density at radius 2 is 2.50 bits per heavy atom. The third kappa shape index (κ3) is 1.14. The summed E-state index contributed by atoms with van der Waals surface area (Å²) in [5.74, 6) is -0.154. The standard InChI is InChI=1S/C6H6ClNO2/c1-8-6(9)5-4(7)2-3-10-5/h2-3H,1H3,(H,8,9). The Morgan fingerprint density at radius 1 is 1.80 bits per heavy atom. The summed E-state index contributed by atoms with van der Waals surface area (Å²) in [4.78, 5) is 10.8. The Bertz CT molecular complexity index is 244. The number of carbonyl (C=O) groups excluding carboxylic acids is 1. The molecule has 0 saturated carbocycles. The SMILES string of the molecule is CNC(=O)c1occc1Cl. The van der Waals surface area contributed by atoms with Crippen LogP contribution in [0.1, 0.15) is 10.6 Å². The monoisotopic (exact) mass is 159 g/mol.